The first-order valence-electron chi connectivity index (χ1n) is 9.33. The number of nitrogens with zero attached hydrogens (tertiary/aromatic N) is 2. The SMILES string of the molecule is CCOC(=O)c1cccc(NC(=O)N2CCN(c3cccc(OC)c3)CC2)c1. The van der Waals surface area contributed by atoms with Crippen molar-refractivity contribution in [2.75, 3.05) is 50.1 Å². The summed E-state index contributed by atoms with van der Waals surface area (Å²) in [5.41, 5.74) is 2.08. The molecule has 1 aliphatic rings. The number of benzene rings is 2. The number of anilines is 2. The van der Waals surface area contributed by atoms with Gasteiger partial charge >= 0.3 is 12.0 Å². The van der Waals surface area contributed by atoms with Crippen molar-refractivity contribution >= 4 is 23.4 Å². The Balaban J connectivity index is 1.57. The fraction of sp³-hybridized carbons (Fsp3) is 0.333. The summed E-state index contributed by atoms with van der Waals surface area (Å²) in [6.07, 6.45) is 0. The van der Waals surface area contributed by atoms with Gasteiger partial charge in [0.1, 0.15) is 5.75 Å². The van der Waals surface area contributed by atoms with Gasteiger partial charge in [0, 0.05) is 43.6 Å². The van der Waals surface area contributed by atoms with E-state index < -0.39 is 5.97 Å². The minimum Gasteiger partial charge on any atom is -0.497 e. The number of nitrogens with one attached hydrogen (secondary N) is 1. The maximum absolute atomic E-state index is 12.6. The first kappa shape index (κ1) is 19.5. The van der Waals surface area contributed by atoms with Crippen LogP contribution < -0.4 is 15.0 Å². The molecule has 0 unspecified atom stereocenters. The van der Waals surface area contributed by atoms with Gasteiger partial charge in [-0.1, -0.05) is 12.1 Å². The van der Waals surface area contributed by atoms with Crippen molar-refractivity contribution in [3.05, 3.63) is 54.1 Å². The van der Waals surface area contributed by atoms with E-state index in [-0.39, 0.29) is 6.03 Å². The molecule has 0 atom stereocenters. The first-order valence-corrected chi connectivity index (χ1v) is 9.33. The molecule has 3 rings (SSSR count). The summed E-state index contributed by atoms with van der Waals surface area (Å²) in [5, 5.41) is 2.86. The van der Waals surface area contributed by atoms with E-state index in [1.54, 1.807) is 43.2 Å². The number of hydrogen-bond acceptors (Lipinski definition) is 5. The predicted octanol–water partition coefficient (Wildman–Crippen LogP) is 3.23. The van der Waals surface area contributed by atoms with Crippen molar-refractivity contribution in [2.24, 2.45) is 0 Å². The molecule has 0 radical (unpaired) electrons. The lowest BCUT2D eigenvalue weighted by atomic mass is 10.2. The van der Waals surface area contributed by atoms with Crippen LogP contribution in [0.15, 0.2) is 48.5 Å². The Kier molecular flexibility index (Phi) is 6.37. The molecular weight excluding hydrogens is 358 g/mol. The van der Waals surface area contributed by atoms with Gasteiger partial charge in [-0.2, -0.15) is 0 Å². The van der Waals surface area contributed by atoms with Crippen molar-refractivity contribution in [2.45, 2.75) is 6.92 Å². The summed E-state index contributed by atoms with van der Waals surface area (Å²) in [6, 6.07) is 14.5. The molecule has 1 fully saturated rings. The van der Waals surface area contributed by atoms with E-state index in [9.17, 15) is 9.59 Å². The zero-order valence-corrected chi connectivity index (χ0v) is 16.2. The molecule has 28 heavy (non-hydrogen) atoms. The van der Waals surface area contributed by atoms with Gasteiger partial charge in [0.2, 0.25) is 0 Å². The highest BCUT2D eigenvalue weighted by atomic mass is 16.5. The molecule has 0 saturated carbocycles. The molecule has 1 heterocycles. The van der Waals surface area contributed by atoms with Crippen LogP contribution in [-0.2, 0) is 4.74 Å². The molecule has 1 N–H and O–H groups in total. The molecular formula is C21H25N3O4. The molecule has 2 aromatic rings. The minimum absolute atomic E-state index is 0.175. The van der Waals surface area contributed by atoms with Gasteiger partial charge < -0.3 is 24.6 Å². The Morgan fingerprint density at radius 1 is 1.04 bits per heavy atom. The average molecular weight is 383 g/mol. The van der Waals surface area contributed by atoms with Crippen LogP contribution in [0.4, 0.5) is 16.2 Å². The Bertz CT molecular complexity index is 832. The Morgan fingerprint density at radius 2 is 1.79 bits per heavy atom. The lowest BCUT2D eigenvalue weighted by molar-refractivity contribution is 0.0526. The largest absolute Gasteiger partial charge is 0.497 e. The molecule has 0 spiro atoms. The number of hydrogen-bond donors (Lipinski definition) is 1. The van der Waals surface area contributed by atoms with E-state index in [2.05, 4.69) is 10.2 Å². The van der Waals surface area contributed by atoms with Crippen LogP contribution in [0.1, 0.15) is 17.3 Å². The van der Waals surface area contributed by atoms with Gasteiger partial charge in [-0.25, -0.2) is 9.59 Å². The molecule has 1 aliphatic heterocycles. The van der Waals surface area contributed by atoms with E-state index >= 15 is 0 Å². The highest BCUT2D eigenvalue weighted by molar-refractivity contribution is 5.94. The second-order valence-electron chi connectivity index (χ2n) is 6.41. The van der Waals surface area contributed by atoms with Crippen LogP contribution >= 0.6 is 0 Å². The third kappa shape index (κ3) is 4.73. The second-order valence-corrected chi connectivity index (χ2v) is 6.41. The number of urea groups is 1. The Labute approximate surface area is 164 Å². The molecule has 0 aliphatic carbocycles. The van der Waals surface area contributed by atoms with Crippen LogP contribution in [0.25, 0.3) is 0 Å². The molecule has 0 aromatic heterocycles. The number of esters is 1. The number of carbonyl (C=O) groups excluding carboxylic acids is 2. The highest BCUT2D eigenvalue weighted by Gasteiger charge is 2.22. The van der Waals surface area contributed by atoms with Crippen LogP contribution in [0.5, 0.6) is 5.75 Å². The van der Waals surface area contributed by atoms with Gasteiger partial charge in [0.15, 0.2) is 0 Å². The fourth-order valence-electron chi connectivity index (χ4n) is 3.12. The number of methoxy groups -OCH3 is 1. The van der Waals surface area contributed by atoms with Gasteiger partial charge in [-0.15, -0.1) is 0 Å². The van der Waals surface area contributed by atoms with E-state index in [0.717, 1.165) is 24.5 Å². The lowest BCUT2D eigenvalue weighted by Crippen LogP contribution is -2.50. The van der Waals surface area contributed by atoms with Crippen LogP contribution in [0.2, 0.25) is 0 Å². The summed E-state index contributed by atoms with van der Waals surface area (Å²) >= 11 is 0. The Hall–Kier alpha value is -3.22. The molecule has 7 heteroatoms. The average Bonchev–Trinajstić information content (AvgIpc) is 2.74. The van der Waals surface area contributed by atoms with Crippen LogP contribution in [0.3, 0.4) is 0 Å². The normalized spacial score (nSPS) is 13.8. The summed E-state index contributed by atoms with van der Waals surface area (Å²) in [5.74, 6) is 0.421. The standard InChI is InChI=1S/C21H25N3O4/c1-3-28-20(25)16-6-4-7-17(14-16)22-21(26)24-12-10-23(11-13-24)18-8-5-9-19(15-18)27-2/h4-9,14-15H,3,10-13H2,1-2H3,(H,22,26). The van der Waals surface area contributed by atoms with Crippen molar-refractivity contribution in [1.82, 2.24) is 4.90 Å². The molecule has 2 aromatic carbocycles. The summed E-state index contributed by atoms with van der Waals surface area (Å²) < 4.78 is 10.3. The van der Waals surface area contributed by atoms with Crippen molar-refractivity contribution in [1.29, 1.82) is 0 Å². The van der Waals surface area contributed by atoms with E-state index in [0.29, 0.717) is 30.9 Å². The molecule has 7 nitrogen and oxygen atoms in total. The number of carbonyl (C=O) groups is 2. The number of amides is 2. The summed E-state index contributed by atoms with van der Waals surface area (Å²) in [6.45, 7) is 4.77. The predicted molar refractivity (Wildman–Crippen MR) is 108 cm³/mol. The highest BCUT2D eigenvalue weighted by Crippen LogP contribution is 2.22. The zero-order valence-electron chi connectivity index (χ0n) is 16.2. The van der Waals surface area contributed by atoms with E-state index in [1.807, 2.05) is 24.3 Å². The van der Waals surface area contributed by atoms with Gasteiger partial charge in [-0.05, 0) is 37.3 Å². The van der Waals surface area contributed by atoms with Crippen molar-refractivity contribution in [3.63, 3.8) is 0 Å². The van der Waals surface area contributed by atoms with Crippen LogP contribution in [0, 0.1) is 0 Å². The molecule has 2 amide bonds. The first-order chi connectivity index (χ1) is 13.6. The van der Waals surface area contributed by atoms with E-state index in [4.69, 9.17) is 9.47 Å². The number of rotatable bonds is 5. The monoisotopic (exact) mass is 383 g/mol. The third-order valence-corrected chi connectivity index (χ3v) is 4.61. The topological polar surface area (TPSA) is 71.1 Å². The summed E-state index contributed by atoms with van der Waals surface area (Å²) in [4.78, 5) is 28.4. The summed E-state index contributed by atoms with van der Waals surface area (Å²) in [7, 11) is 1.65. The van der Waals surface area contributed by atoms with E-state index in [1.165, 1.54) is 0 Å². The second kappa shape index (κ2) is 9.12. The molecule has 1 saturated heterocycles. The van der Waals surface area contributed by atoms with Crippen LogP contribution in [-0.4, -0.2) is 56.8 Å². The molecule has 148 valence electrons. The van der Waals surface area contributed by atoms with Crippen molar-refractivity contribution in [3.8, 4) is 5.75 Å². The minimum atomic E-state index is -0.398. The van der Waals surface area contributed by atoms with Gasteiger partial charge in [0.25, 0.3) is 0 Å². The fourth-order valence-corrected chi connectivity index (χ4v) is 3.12. The maximum atomic E-state index is 12.6. The maximum Gasteiger partial charge on any atom is 0.338 e. The Morgan fingerprint density at radius 3 is 2.50 bits per heavy atom. The molecule has 0 bridgehead atoms. The third-order valence-electron chi connectivity index (χ3n) is 4.61. The lowest BCUT2D eigenvalue weighted by Gasteiger charge is -2.36. The number of ether oxygens (including phenoxy) is 2. The van der Waals surface area contributed by atoms with Gasteiger partial charge in [0.05, 0.1) is 19.3 Å². The van der Waals surface area contributed by atoms with Gasteiger partial charge in [-0.3, -0.25) is 0 Å². The van der Waals surface area contributed by atoms with Crippen molar-refractivity contribution < 1.29 is 19.1 Å². The zero-order chi connectivity index (χ0) is 19.9. The quantitative estimate of drug-likeness (QED) is 0.803. The number of piperazine rings is 1. The smallest absolute Gasteiger partial charge is 0.338 e.